The van der Waals surface area contributed by atoms with Crippen LogP contribution in [0.1, 0.15) is 31.6 Å². The van der Waals surface area contributed by atoms with Crippen molar-refractivity contribution in [2.45, 2.75) is 39.4 Å². The Morgan fingerprint density at radius 3 is 2.81 bits per heavy atom. The van der Waals surface area contributed by atoms with Crippen molar-refractivity contribution in [3.8, 4) is 0 Å². The van der Waals surface area contributed by atoms with Gasteiger partial charge in [-0.25, -0.2) is 0 Å². The third-order valence-electron chi connectivity index (χ3n) is 3.44. The second-order valence-electron chi connectivity index (χ2n) is 5.37. The third kappa shape index (κ3) is 7.09. The van der Waals surface area contributed by atoms with E-state index in [9.17, 15) is 0 Å². The second-order valence-corrected chi connectivity index (χ2v) is 5.37. The van der Waals surface area contributed by atoms with E-state index in [2.05, 4.69) is 30.1 Å². The largest absolute Gasteiger partial charge is 0.468 e. The maximum atomic E-state index is 5.67. The van der Waals surface area contributed by atoms with Gasteiger partial charge in [0.1, 0.15) is 5.76 Å². The van der Waals surface area contributed by atoms with Crippen molar-refractivity contribution in [3.63, 3.8) is 0 Å². The Morgan fingerprint density at radius 2 is 2.14 bits per heavy atom. The van der Waals surface area contributed by atoms with E-state index in [0.29, 0.717) is 19.3 Å². The van der Waals surface area contributed by atoms with Crippen molar-refractivity contribution in [3.05, 3.63) is 23.7 Å². The van der Waals surface area contributed by atoms with Crippen LogP contribution in [0.4, 0.5) is 0 Å². The predicted octanol–water partition coefficient (Wildman–Crippen LogP) is 2.26. The van der Waals surface area contributed by atoms with E-state index >= 15 is 0 Å². The van der Waals surface area contributed by atoms with E-state index in [0.717, 1.165) is 38.4 Å². The summed E-state index contributed by atoms with van der Waals surface area (Å²) in [6.07, 6.45) is 2.98. The average molecular weight is 298 g/mol. The molecule has 0 spiro atoms. The number of furan rings is 1. The zero-order valence-corrected chi connectivity index (χ0v) is 13.9. The lowest BCUT2D eigenvalue weighted by Gasteiger charge is -2.27. The van der Waals surface area contributed by atoms with Gasteiger partial charge in [-0.2, -0.15) is 0 Å². The van der Waals surface area contributed by atoms with E-state index < -0.39 is 0 Å². The topological polar surface area (TPSA) is 46.9 Å². The minimum Gasteiger partial charge on any atom is -0.468 e. The Balaban J connectivity index is 2.52. The smallest absolute Gasteiger partial charge is 0.118 e. The Labute approximate surface area is 128 Å². The van der Waals surface area contributed by atoms with Crippen LogP contribution >= 0.6 is 0 Å². The molecule has 0 fully saturated rings. The molecule has 1 unspecified atom stereocenters. The standard InChI is InChI=1S/C16H30N2O3/c1-5-6-17-10-15-9-16(21-13-15)11-18(7-8-19-3)14(2)12-20-4/h9,13-14,17H,5-8,10-12H2,1-4H3. The van der Waals surface area contributed by atoms with Crippen molar-refractivity contribution in [1.82, 2.24) is 10.2 Å². The molecule has 1 rings (SSSR count). The highest BCUT2D eigenvalue weighted by Gasteiger charge is 2.15. The minimum absolute atomic E-state index is 0.330. The number of nitrogens with one attached hydrogen (secondary N) is 1. The molecule has 0 aliphatic heterocycles. The molecule has 0 saturated carbocycles. The average Bonchev–Trinajstić information content (AvgIpc) is 2.91. The van der Waals surface area contributed by atoms with E-state index in [1.54, 1.807) is 14.2 Å². The molecule has 0 bridgehead atoms. The van der Waals surface area contributed by atoms with Crippen LogP contribution in [0.15, 0.2) is 16.7 Å². The first kappa shape index (κ1) is 18.2. The van der Waals surface area contributed by atoms with Gasteiger partial charge in [-0.3, -0.25) is 4.90 Å². The van der Waals surface area contributed by atoms with Gasteiger partial charge in [0.2, 0.25) is 0 Å². The molecule has 0 saturated heterocycles. The predicted molar refractivity (Wildman–Crippen MR) is 84.3 cm³/mol. The Morgan fingerprint density at radius 1 is 1.33 bits per heavy atom. The molecule has 0 amide bonds. The molecule has 5 nitrogen and oxygen atoms in total. The van der Waals surface area contributed by atoms with Crippen molar-refractivity contribution in [1.29, 1.82) is 0 Å². The van der Waals surface area contributed by atoms with Gasteiger partial charge in [-0.15, -0.1) is 0 Å². The van der Waals surface area contributed by atoms with Crippen LogP contribution in [-0.4, -0.2) is 51.5 Å². The van der Waals surface area contributed by atoms with E-state index in [1.165, 1.54) is 5.56 Å². The quantitative estimate of drug-likeness (QED) is 0.600. The van der Waals surface area contributed by atoms with Crippen LogP contribution in [-0.2, 0) is 22.6 Å². The second kappa shape index (κ2) is 10.8. The lowest BCUT2D eigenvalue weighted by atomic mass is 10.2. The van der Waals surface area contributed by atoms with Gasteiger partial charge in [0.05, 0.1) is 26.0 Å². The van der Waals surface area contributed by atoms with Gasteiger partial charge in [0.15, 0.2) is 0 Å². The van der Waals surface area contributed by atoms with Gasteiger partial charge in [-0.05, 0) is 26.0 Å². The maximum Gasteiger partial charge on any atom is 0.118 e. The van der Waals surface area contributed by atoms with Crippen LogP contribution in [0.3, 0.4) is 0 Å². The summed E-state index contributed by atoms with van der Waals surface area (Å²) in [5.41, 5.74) is 1.20. The monoisotopic (exact) mass is 298 g/mol. The molecule has 1 N–H and O–H groups in total. The molecule has 0 aliphatic rings. The maximum absolute atomic E-state index is 5.67. The number of hydrogen-bond donors (Lipinski definition) is 1. The molecule has 0 aromatic carbocycles. The summed E-state index contributed by atoms with van der Waals surface area (Å²) in [4.78, 5) is 2.31. The lowest BCUT2D eigenvalue weighted by molar-refractivity contribution is 0.0664. The molecule has 1 atom stereocenters. The molecule has 5 heteroatoms. The van der Waals surface area contributed by atoms with Crippen molar-refractivity contribution in [2.24, 2.45) is 0 Å². The van der Waals surface area contributed by atoms with Gasteiger partial charge in [0, 0.05) is 38.9 Å². The summed E-state index contributed by atoms with van der Waals surface area (Å²) < 4.78 is 16.1. The molecule has 1 aromatic heterocycles. The fourth-order valence-electron chi connectivity index (χ4n) is 2.22. The van der Waals surface area contributed by atoms with Crippen LogP contribution < -0.4 is 5.32 Å². The van der Waals surface area contributed by atoms with Crippen molar-refractivity contribution in [2.75, 3.05) is 40.5 Å². The summed E-state index contributed by atoms with van der Waals surface area (Å²) in [7, 11) is 3.46. The molecule has 0 radical (unpaired) electrons. The number of ether oxygens (including phenoxy) is 2. The molecule has 0 aliphatic carbocycles. The van der Waals surface area contributed by atoms with Crippen molar-refractivity contribution >= 4 is 0 Å². The third-order valence-corrected chi connectivity index (χ3v) is 3.44. The Bertz CT molecular complexity index is 368. The molecule has 122 valence electrons. The van der Waals surface area contributed by atoms with Crippen LogP contribution in [0.25, 0.3) is 0 Å². The fraction of sp³-hybridized carbons (Fsp3) is 0.750. The molecule has 1 aromatic rings. The molecular weight excluding hydrogens is 268 g/mol. The number of methoxy groups -OCH3 is 2. The highest BCUT2D eigenvalue weighted by atomic mass is 16.5. The number of hydrogen-bond acceptors (Lipinski definition) is 5. The normalized spacial score (nSPS) is 13.0. The minimum atomic E-state index is 0.330. The Kier molecular flexibility index (Phi) is 9.34. The summed E-state index contributed by atoms with van der Waals surface area (Å²) >= 11 is 0. The van der Waals surface area contributed by atoms with Gasteiger partial charge < -0.3 is 19.2 Å². The van der Waals surface area contributed by atoms with Crippen LogP contribution in [0.5, 0.6) is 0 Å². The summed E-state index contributed by atoms with van der Waals surface area (Å²) in [6, 6.07) is 2.46. The van der Waals surface area contributed by atoms with E-state index in [4.69, 9.17) is 13.9 Å². The van der Waals surface area contributed by atoms with Crippen molar-refractivity contribution < 1.29 is 13.9 Å². The lowest BCUT2D eigenvalue weighted by Crippen LogP contribution is -2.37. The summed E-state index contributed by atoms with van der Waals surface area (Å²) in [6.45, 7) is 9.28. The molecular formula is C16H30N2O3. The summed E-state index contributed by atoms with van der Waals surface area (Å²) in [5, 5.41) is 3.38. The van der Waals surface area contributed by atoms with Crippen LogP contribution in [0, 0.1) is 0 Å². The first-order chi connectivity index (χ1) is 10.2. The van der Waals surface area contributed by atoms with E-state index in [1.807, 2.05) is 6.26 Å². The van der Waals surface area contributed by atoms with E-state index in [-0.39, 0.29) is 0 Å². The zero-order valence-electron chi connectivity index (χ0n) is 13.9. The summed E-state index contributed by atoms with van der Waals surface area (Å²) in [5.74, 6) is 0.988. The number of nitrogens with zero attached hydrogens (tertiary/aromatic N) is 1. The highest BCUT2D eigenvalue weighted by molar-refractivity contribution is 5.12. The fourth-order valence-corrected chi connectivity index (χ4v) is 2.22. The van der Waals surface area contributed by atoms with Gasteiger partial charge in [-0.1, -0.05) is 6.92 Å². The first-order valence-electron chi connectivity index (χ1n) is 7.70. The SMILES string of the molecule is CCCNCc1coc(CN(CCOC)C(C)COC)c1. The first-order valence-corrected chi connectivity index (χ1v) is 7.70. The van der Waals surface area contributed by atoms with Gasteiger partial charge in [0.25, 0.3) is 0 Å². The molecule has 1 heterocycles. The van der Waals surface area contributed by atoms with Gasteiger partial charge >= 0.3 is 0 Å². The van der Waals surface area contributed by atoms with Crippen LogP contribution in [0.2, 0.25) is 0 Å². The zero-order chi connectivity index (χ0) is 15.5. The highest BCUT2D eigenvalue weighted by Crippen LogP contribution is 2.13. The Hall–Kier alpha value is -0.880. The number of rotatable bonds is 12. The molecule has 21 heavy (non-hydrogen) atoms.